The zero-order chi connectivity index (χ0) is 22.3. The molecule has 2 aliphatic heterocycles. The van der Waals surface area contributed by atoms with Gasteiger partial charge in [0.15, 0.2) is 0 Å². The Labute approximate surface area is 189 Å². The van der Waals surface area contributed by atoms with Gasteiger partial charge in [-0.3, -0.25) is 19.2 Å². The van der Waals surface area contributed by atoms with E-state index in [-0.39, 0.29) is 12.2 Å². The summed E-state index contributed by atoms with van der Waals surface area (Å²) >= 11 is 8.64. The Hall–Kier alpha value is -2.58. The Bertz CT molecular complexity index is 1100. The minimum Gasteiger partial charge on any atom is -0.477 e. The average Bonchev–Trinajstić information content (AvgIpc) is 3.29. The molecule has 0 unspecified atom stereocenters. The smallest absolute Gasteiger partial charge is 0.352 e. The molecule has 31 heavy (non-hydrogen) atoms. The molecule has 4 rings (SSSR count). The Balaban J connectivity index is 1.44. The van der Waals surface area contributed by atoms with Crippen molar-refractivity contribution in [1.82, 2.24) is 40.2 Å². The summed E-state index contributed by atoms with van der Waals surface area (Å²) in [6.45, 7) is 1.64. The number of halogens is 1. The molecule has 0 saturated carbocycles. The molecule has 12 nitrogen and oxygen atoms in total. The number of amides is 2. The maximum absolute atomic E-state index is 12.7. The van der Waals surface area contributed by atoms with Crippen LogP contribution in [0.15, 0.2) is 22.6 Å². The molecule has 2 aromatic heterocycles. The van der Waals surface area contributed by atoms with E-state index in [1.807, 2.05) is 0 Å². The van der Waals surface area contributed by atoms with Crippen LogP contribution in [0.2, 0.25) is 5.02 Å². The monoisotopic (exact) mass is 484 g/mol. The normalized spacial score (nSPS) is 20.5. The number of tetrazole rings is 1. The minimum absolute atomic E-state index is 0.0448. The van der Waals surface area contributed by atoms with E-state index in [1.165, 1.54) is 44.0 Å². The van der Waals surface area contributed by atoms with Crippen molar-refractivity contribution in [2.45, 2.75) is 30.0 Å². The first-order valence-corrected chi connectivity index (χ1v) is 11.4. The van der Waals surface area contributed by atoms with E-state index in [1.54, 1.807) is 14.0 Å². The van der Waals surface area contributed by atoms with E-state index in [2.05, 4.69) is 25.9 Å². The van der Waals surface area contributed by atoms with Crippen LogP contribution in [0, 0.1) is 6.92 Å². The molecule has 2 N–H and O–H groups in total. The number of carbonyl (C=O) groups is 3. The highest BCUT2D eigenvalue weighted by atomic mass is 35.5. The lowest BCUT2D eigenvalue weighted by Crippen LogP contribution is -2.70. The van der Waals surface area contributed by atoms with Gasteiger partial charge in [0.2, 0.25) is 11.1 Å². The molecule has 2 amide bonds. The lowest BCUT2D eigenvalue weighted by atomic mass is 10.0. The fourth-order valence-corrected chi connectivity index (χ4v) is 5.70. The summed E-state index contributed by atoms with van der Waals surface area (Å²) in [6.07, 6.45) is 1.44. The van der Waals surface area contributed by atoms with Gasteiger partial charge in [-0.15, -0.1) is 16.9 Å². The summed E-state index contributed by atoms with van der Waals surface area (Å²) in [5.74, 6) is -1.30. The quantitative estimate of drug-likeness (QED) is 0.403. The predicted molar refractivity (Wildman–Crippen MR) is 111 cm³/mol. The van der Waals surface area contributed by atoms with Crippen LogP contribution in [0.3, 0.4) is 0 Å². The van der Waals surface area contributed by atoms with Crippen LogP contribution in [0.4, 0.5) is 0 Å². The number of carboxylic acid groups (broad SMARTS) is 1. The maximum Gasteiger partial charge on any atom is 0.352 e. The molecular formula is C16H17ClN8O4S2. The van der Waals surface area contributed by atoms with Crippen molar-refractivity contribution in [2.24, 2.45) is 7.05 Å². The Kier molecular flexibility index (Phi) is 5.94. The van der Waals surface area contributed by atoms with Crippen molar-refractivity contribution in [3.05, 3.63) is 28.2 Å². The highest BCUT2D eigenvalue weighted by Crippen LogP contribution is 2.41. The van der Waals surface area contributed by atoms with E-state index in [0.29, 0.717) is 33.0 Å². The number of nitrogens with one attached hydrogen (secondary N) is 1. The van der Waals surface area contributed by atoms with Crippen LogP contribution in [0.5, 0.6) is 0 Å². The summed E-state index contributed by atoms with van der Waals surface area (Å²) in [6, 6.07) is -0.796. The molecule has 164 valence electrons. The van der Waals surface area contributed by atoms with Crippen molar-refractivity contribution < 1.29 is 19.5 Å². The topological polar surface area (TPSA) is 148 Å². The number of fused-ring (bicyclic) bond motifs is 1. The molecular weight excluding hydrogens is 468 g/mol. The Morgan fingerprint density at radius 1 is 1.45 bits per heavy atom. The zero-order valence-electron chi connectivity index (χ0n) is 16.4. The SMILES string of the molecule is Cc1c(Cl)cnn1CC(=O)N[C@H]1C(=O)N2C(C(=O)O)=C(CSc3nnnn3C)CS[C@@H]12. The van der Waals surface area contributed by atoms with Crippen LogP contribution >= 0.6 is 35.1 Å². The number of β-lactam (4-membered cyclic amide) rings is 1. The third kappa shape index (κ3) is 4.02. The molecule has 0 spiro atoms. The summed E-state index contributed by atoms with van der Waals surface area (Å²) in [4.78, 5) is 38.3. The van der Waals surface area contributed by atoms with Crippen molar-refractivity contribution in [1.29, 1.82) is 0 Å². The highest BCUT2D eigenvalue weighted by molar-refractivity contribution is 8.01. The first kappa shape index (κ1) is 21.6. The number of carbonyl (C=O) groups excluding carboxylic acids is 2. The third-order valence-corrected chi connectivity index (χ3v) is 7.67. The molecule has 0 aliphatic carbocycles. The van der Waals surface area contributed by atoms with Crippen LogP contribution < -0.4 is 5.32 Å². The molecule has 15 heteroatoms. The minimum atomic E-state index is -1.18. The van der Waals surface area contributed by atoms with Gasteiger partial charge in [-0.1, -0.05) is 23.4 Å². The van der Waals surface area contributed by atoms with Gasteiger partial charge in [0.25, 0.3) is 5.91 Å². The van der Waals surface area contributed by atoms with E-state index in [4.69, 9.17) is 11.6 Å². The number of aromatic nitrogens is 6. The zero-order valence-corrected chi connectivity index (χ0v) is 18.7. The fraction of sp³-hybridized carbons (Fsp3) is 0.438. The van der Waals surface area contributed by atoms with Crippen molar-refractivity contribution >= 4 is 52.9 Å². The lowest BCUT2D eigenvalue weighted by molar-refractivity contribution is -0.150. The second-order valence-electron chi connectivity index (χ2n) is 6.82. The molecule has 2 aliphatic rings. The van der Waals surface area contributed by atoms with Gasteiger partial charge < -0.3 is 10.4 Å². The van der Waals surface area contributed by atoms with Gasteiger partial charge in [0.05, 0.1) is 16.9 Å². The lowest BCUT2D eigenvalue weighted by Gasteiger charge is -2.49. The average molecular weight is 485 g/mol. The Morgan fingerprint density at radius 3 is 2.84 bits per heavy atom. The standard InChI is InChI=1S/C16H17ClN8O4S2/c1-7-9(17)3-18-24(7)4-10(26)19-11-13(27)25-12(15(28)29)8(5-30-14(11)25)6-31-16-20-21-22-23(16)2/h3,11,14H,4-6H2,1-2H3,(H,19,26)(H,28,29)/t11-,14-/m0/s1. The summed E-state index contributed by atoms with van der Waals surface area (Å²) in [7, 11) is 1.69. The van der Waals surface area contributed by atoms with Crippen molar-refractivity contribution in [3.63, 3.8) is 0 Å². The first-order chi connectivity index (χ1) is 14.8. The number of nitrogens with zero attached hydrogens (tertiary/aromatic N) is 7. The maximum atomic E-state index is 12.7. The largest absolute Gasteiger partial charge is 0.477 e. The third-order valence-electron chi connectivity index (χ3n) is 4.86. The highest BCUT2D eigenvalue weighted by Gasteiger charge is 2.54. The van der Waals surface area contributed by atoms with Crippen molar-refractivity contribution in [3.8, 4) is 0 Å². The van der Waals surface area contributed by atoms with Gasteiger partial charge in [-0.05, 0) is 22.9 Å². The molecule has 0 aromatic carbocycles. The number of hydrogen-bond acceptors (Lipinski definition) is 9. The second-order valence-corrected chi connectivity index (χ2v) is 9.28. The second kappa shape index (κ2) is 8.51. The van der Waals surface area contributed by atoms with Gasteiger partial charge in [0, 0.05) is 18.6 Å². The molecule has 1 fully saturated rings. The van der Waals surface area contributed by atoms with Crippen LogP contribution in [0.1, 0.15) is 5.69 Å². The molecule has 4 heterocycles. The number of hydrogen-bond donors (Lipinski definition) is 2. The summed E-state index contributed by atoms with van der Waals surface area (Å²) in [5, 5.41) is 28.1. The van der Waals surface area contributed by atoms with Gasteiger partial charge in [0.1, 0.15) is 23.7 Å². The van der Waals surface area contributed by atoms with E-state index in [0.717, 1.165) is 0 Å². The molecule has 2 atom stereocenters. The fourth-order valence-electron chi connectivity index (χ4n) is 3.23. The Morgan fingerprint density at radius 2 is 2.23 bits per heavy atom. The number of rotatable bonds is 7. The van der Waals surface area contributed by atoms with E-state index in [9.17, 15) is 19.5 Å². The number of carboxylic acids is 1. The first-order valence-electron chi connectivity index (χ1n) is 9.00. The molecule has 2 aromatic rings. The number of thioether (sulfide) groups is 2. The van der Waals surface area contributed by atoms with Gasteiger partial charge in [-0.25, -0.2) is 9.48 Å². The van der Waals surface area contributed by atoms with Crippen LogP contribution in [-0.4, -0.2) is 80.7 Å². The summed E-state index contributed by atoms with van der Waals surface area (Å²) in [5.41, 5.74) is 1.19. The number of aliphatic carboxylic acids is 1. The molecule has 0 bridgehead atoms. The number of aryl methyl sites for hydroxylation is 1. The van der Waals surface area contributed by atoms with Crippen LogP contribution in [0.25, 0.3) is 0 Å². The summed E-state index contributed by atoms with van der Waals surface area (Å²) < 4.78 is 2.92. The van der Waals surface area contributed by atoms with Crippen molar-refractivity contribution in [2.75, 3.05) is 11.5 Å². The molecule has 0 radical (unpaired) electrons. The van der Waals surface area contributed by atoms with E-state index >= 15 is 0 Å². The predicted octanol–water partition coefficient (Wildman–Crippen LogP) is -0.101. The van der Waals surface area contributed by atoms with Crippen LogP contribution in [-0.2, 0) is 28.0 Å². The van der Waals surface area contributed by atoms with E-state index < -0.39 is 29.2 Å². The van der Waals surface area contributed by atoms with Gasteiger partial charge in [-0.2, -0.15) is 5.10 Å². The molecule has 1 saturated heterocycles. The van der Waals surface area contributed by atoms with Gasteiger partial charge >= 0.3 is 5.97 Å².